The van der Waals surface area contributed by atoms with Crippen LogP contribution in [0.2, 0.25) is 0 Å². The zero-order valence-electron chi connectivity index (χ0n) is 13.5. The Kier molecular flexibility index (Phi) is 4.09. The number of para-hydroxylation sites is 1. The molecule has 1 saturated heterocycles. The lowest BCUT2D eigenvalue weighted by Gasteiger charge is -2.33. The van der Waals surface area contributed by atoms with Crippen molar-refractivity contribution < 1.29 is 5.11 Å². The Morgan fingerprint density at radius 2 is 2.04 bits per heavy atom. The molecule has 1 N–H and O–H groups in total. The van der Waals surface area contributed by atoms with Crippen molar-refractivity contribution in [3.8, 4) is 11.4 Å². The van der Waals surface area contributed by atoms with Crippen LogP contribution in [0.15, 0.2) is 48.8 Å². The van der Waals surface area contributed by atoms with Gasteiger partial charge in [-0.3, -0.25) is 4.98 Å². The van der Waals surface area contributed by atoms with Crippen molar-refractivity contribution in [1.82, 2.24) is 15.0 Å². The van der Waals surface area contributed by atoms with E-state index in [1.807, 2.05) is 30.3 Å². The molecule has 0 amide bonds. The van der Waals surface area contributed by atoms with Crippen LogP contribution in [0.3, 0.4) is 0 Å². The number of fused-ring (bicyclic) bond motifs is 1. The van der Waals surface area contributed by atoms with Crippen molar-refractivity contribution in [2.45, 2.75) is 12.8 Å². The molecule has 1 atom stereocenters. The molecule has 1 fully saturated rings. The zero-order valence-corrected chi connectivity index (χ0v) is 13.5. The summed E-state index contributed by atoms with van der Waals surface area (Å²) < 4.78 is 0. The molecule has 122 valence electrons. The molecule has 1 aliphatic rings. The number of hydrogen-bond donors (Lipinski definition) is 1. The minimum absolute atomic E-state index is 0.231. The van der Waals surface area contributed by atoms with Gasteiger partial charge in [-0.15, -0.1) is 0 Å². The third-order valence-corrected chi connectivity index (χ3v) is 4.58. The maximum Gasteiger partial charge on any atom is 0.163 e. The highest BCUT2D eigenvalue weighted by molar-refractivity contribution is 5.91. The molecule has 5 heteroatoms. The maximum absolute atomic E-state index is 9.53. The summed E-state index contributed by atoms with van der Waals surface area (Å²) in [6.45, 7) is 2.03. The van der Waals surface area contributed by atoms with Crippen molar-refractivity contribution in [3.05, 3.63) is 48.8 Å². The van der Waals surface area contributed by atoms with Gasteiger partial charge in [0, 0.05) is 43.0 Å². The minimum atomic E-state index is 0.231. The number of hydrogen-bond acceptors (Lipinski definition) is 5. The summed E-state index contributed by atoms with van der Waals surface area (Å²) >= 11 is 0. The number of pyridine rings is 1. The molecule has 1 aliphatic heterocycles. The number of anilines is 1. The van der Waals surface area contributed by atoms with Crippen molar-refractivity contribution in [2.75, 3.05) is 24.6 Å². The lowest BCUT2D eigenvalue weighted by molar-refractivity contribution is 0.208. The fraction of sp³-hybridized carbons (Fsp3) is 0.316. The van der Waals surface area contributed by atoms with Crippen molar-refractivity contribution in [3.63, 3.8) is 0 Å². The Labute approximate surface area is 141 Å². The van der Waals surface area contributed by atoms with Gasteiger partial charge in [-0.05, 0) is 43.0 Å². The van der Waals surface area contributed by atoms with Crippen LogP contribution in [-0.2, 0) is 0 Å². The number of aromatic nitrogens is 3. The number of nitrogens with zero attached hydrogens (tertiary/aromatic N) is 4. The Morgan fingerprint density at radius 3 is 2.88 bits per heavy atom. The summed E-state index contributed by atoms with van der Waals surface area (Å²) in [6.07, 6.45) is 5.69. The fourth-order valence-corrected chi connectivity index (χ4v) is 3.33. The zero-order chi connectivity index (χ0) is 16.4. The Hall–Kier alpha value is -2.53. The highest BCUT2D eigenvalue weighted by atomic mass is 16.3. The van der Waals surface area contributed by atoms with Gasteiger partial charge < -0.3 is 10.0 Å². The molecule has 0 saturated carbocycles. The van der Waals surface area contributed by atoms with E-state index in [1.54, 1.807) is 12.4 Å². The summed E-state index contributed by atoms with van der Waals surface area (Å²) in [5.74, 6) is 1.97. The van der Waals surface area contributed by atoms with E-state index < -0.39 is 0 Å². The number of benzene rings is 1. The van der Waals surface area contributed by atoms with Gasteiger partial charge in [0.05, 0.1) is 5.52 Å². The van der Waals surface area contributed by atoms with E-state index in [0.717, 1.165) is 48.2 Å². The third kappa shape index (κ3) is 2.83. The van der Waals surface area contributed by atoms with E-state index in [1.165, 1.54) is 0 Å². The van der Waals surface area contributed by atoms with E-state index in [9.17, 15) is 5.11 Å². The van der Waals surface area contributed by atoms with Gasteiger partial charge in [0.25, 0.3) is 0 Å². The number of piperidine rings is 1. The van der Waals surface area contributed by atoms with Gasteiger partial charge in [0.15, 0.2) is 5.82 Å². The summed E-state index contributed by atoms with van der Waals surface area (Å²) in [4.78, 5) is 16.0. The second kappa shape index (κ2) is 6.53. The molecule has 0 spiro atoms. The molecular weight excluding hydrogens is 300 g/mol. The van der Waals surface area contributed by atoms with Gasteiger partial charge in [0.2, 0.25) is 0 Å². The lowest BCUT2D eigenvalue weighted by atomic mass is 9.99. The molecule has 0 aliphatic carbocycles. The Morgan fingerprint density at radius 1 is 1.12 bits per heavy atom. The summed E-state index contributed by atoms with van der Waals surface area (Å²) in [6, 6.07) is 12.0. The van der Waals surface area contributed by atoms with Crippen LogP contribution in [-0.4, -0.2) is 39.8 Å². The SMILES string of the molecule is OC[C@H]1CCCN(c2nc(-c3cccnc3)nc3ccccc23)C1. The molecule has 2 aromatic heterocycles. The quantitative estimate of drug-likeness (QED) is 0.804. The summed E-state index contributed by atoms with van der Waals surface area (Å²) in [7, 11) is 0. The minimum Gasteiger partial charge on any atom is -0.396 e. The first-order chi connectivity index (χ1) is 11.8. The molecule has 1 aromatic carbocycles. The second-order valence-electron chi connectivity index (χ2n) is 6.27. The van der Waals surface area contributed by atoms with Gasteiger partial charge in [-0.1, -0.05) is 12.1 Å². The van der Waals surface area contributed by atoms with Crippen LogP contribution in [0, 0.1) is 5.92 Å². The molecular formula is C19H20N4O. The van der Waals surface area contributed by atoms with Crippen LogP contribution < -0.4 is 4.90 Å². The number of aliphatic hydroxyl groups is 1. The normalized spacial score (nSPS) is 18.0. The van der Waals surface area contributed by atoms with Crippen molar-refractivity contribution >= 4 is 16.7 Å². The van der Waals surface area contributed by atoms with Crippen LogP contribution in [0.25, 0.3) is 22.3 Å². The smallest absolute Gasteiger partial charge is 0.163 e. The van der Waals surface area contributed by atoms with E-state index >= 15 is 0 Å². The number of rotatable bonds is 3. The van der Waals surface area contributed by atoms with Crippen LogP contribution in [0.5, 0.6) is 0 Å². The molecule has 0 unspecified atom stereocenters. The highest BCUT2D eigenvalue weighted by Crippen LogP contribution is 2.30. The molecule has 4 rings (SSSR count). The standard InChI is InChI=1S/C19H20N4O/c24-13-14-5-4-10-23(12-14)19-16-7-1-2-8-17(16)21-18(22-19)15-6-3-9-20-11-15/h1-3,6-9,11,14,24H,4-5,10,12-13H2/t14-/m0/s1. The summed E-state index contributed by atoms with van der Waals surface area (Å²) in [5.41, 5.74) is 1.85. The van der Waals surface area contributed by atoms with Crippen LogP contribution in [0.1, 0.15) is 12.8 Å². The van der Waals surface area contributed by atoms with E-state index in [2.05, 4.69) is 16.0 Å². The predicted molar refractivity (Wildman–Crippen MR) is 94.8 cm³/mol. The molecule has 0 bridgehead atoms. The van der Waals surface area contributed by atoms with E-state index in [4.69, 9.17) is 9.97 Å². The molecule has 3 aromatic rings. The Bertz CT molecular complexity index is 837. The predicted octanol–water partition coefficient (Wildman–Crippen LogP) is 2.90. The first kappa shape index (κ1) is 15.0. The first-order valence-electron chi connectivity index (χ1n) is 8.38. The van der Waals surface area contributed by atoms with Crippen molar-refractivity contribution in [1.29, 1.82) is 0 Å². The molecule has 24 heavy (non-hydrogen) atoms. The van der Waals surface area contributed by atoms with Gasteiger partial charge >= 0.3 is 0 Å². The fourth-order valence-electron chi connectivity index (χ4n) is 3.33. The van der Waals surface area contributed by atoms with Crippen molar-refractivity contribution in [2.24, 2.45) is 5.92 Å². The first-order valence-corrected chi connectivity index (χ1v) is 8.38. The Balaban J connectivity index is 1.84. The van der Waals surface area contributed by atoms with Crippen LogP contribution >= 0.6 is 0 Å². The van der Waals surface area contributed by atoms with Gasteiger partial charge in [-0.2, -0.15) is 0 Å². The number of aliphatic hydroxyl groups excluding tert-OH is 1. The van der Waals surface area contributed by atoms with Gasteiger partial charge in [-0.25, -0.2) is 9.97 Å². The van der Waals surface area contributed by atoms with E-state index in [-0.39, 0.29) is 6.61 Å². The van der Waals surface area contributed by atoms with E-state index in [0.29, 0.717) is 11.7 Å². The maximum atomic E-state index is 9.53. The largest absolute Gasteiger partial charge is 0.396 e. The average Bonchev–Trinajstić information content (AvgIpc) is 2.68. The van der Waals surface area contributed by atoms with Crippen LogP contribution in [0.4, 0.5) is 5.82 Å². The summed E-state index contributed by atoms with van der Waals surface area (Å²) in [5, 5.41) is 10.6. The third-order valence-electron chi connectivity index (χ3n) is 4.58. The average molecular weight is 320 g/mol. The highest BCUT2D eigenvalue weighted by Gasteiger charge is 2.22. The second-order valence-corrected chi connectivity index (χ2v) is 6.27. The molecule has 5 nitrogen and oxygen atoms in total. The van der Waals surface area contributed by atoms with Gasteiger partial charge in [0.1, 0.15) is 5.82 Å². The lowest BCUT2D eigenvalue weighted by Crippen LogP contribution is -2.37. The molecule has 0 radical (unpaired) electrons. The monoisotopic (exact) mass is 320 g/mol. The molecule has 3 heterocycles. The topological polar surface area (TPSA) is 62.1 Å².